The van der Waals surface area contributed by atoms with Crippen LogP contribution in [0.3, 0.4) is 0 Å². The smallest absolute Gasteiger partial charge is 0.328 e. The van der Waals surface area contributed by atoms with E-state index in [2.05, 4.69) is 24.5 Å². The van der Waals surface area contributed by atoms with Gasteiger partial charge in [-0.25, -0.2) is 9.59 Å². The molecule has 2 rings (SSSR count). The molecular weight excluding hydrogens is 274 g/mol. The summed E-state index contributed by atoms with van der Waals surface area (Å²) in [5, 5.41) is 14.5. The minimum atomic E-state index is -1.10. The first-order valence-corrected chi connectivity index (χ1v) is 7.45. The molecule has 1 aliphatic carbocycles. The number of carbonyl (C=O) groups excluding carboxylic acids is 2. The van der Waals surface area contributed by atoms with Gasteiger partial charge in [-0.3, -0.25) is 9.69 Å². The zero-order valence-corrected chi connectivity index (χ0v) is 12.5. The minimum Gasteiger partial charge on any atom is -0.480 e. The third-order valence-corrected chi connectivity index (χ3v) is 4.65. The number of urea groups is 1. The molecule has 0 aromatic rings. The topological polar surface area (TPSA) is 98.7 Å². The van der Waals surface area contributed by atoms with E-state index in [0.717, 1.165) is 24.2 Å². The number of aliphatic carboxylic acids is 1. The monoisotopic (exact) mass is 297 g/mol. The van der Waals surface area contributed by atoms with Gasteiger partial charge >= 0.3 is 12.0 Å². The summed E-state index contributed by atoms with van der Waals surface area (Å²) in [5.41, 5.74) is 0. The molecule has 21 heavy (non-hydrogen) atoms. The Kier molecular flexibility index (Phi) is 4.69. The summed E-state index contributed by atoms with van der Waals surface area (Å²) in [6.45, 7) is 4.12. The molecule has 1 aliphatic heterocycles. The maximum Gasteiger partial charge on any atom is 0.328 e. The summed E-state index contributed by atoms with van der Waals surface area (Å²) < 4.78 is 0. The lowest BCUT2D eigenvalue weighted by molar-refractivity contribution is -0.144. The molecular formula is C14H23N3O4. The molecule has 7 heteroatoms. The first kappa shape index (κ1) is 15.6. The lowest BCUT2D eigenvalue weighted by Gasteiger charge is -2.36. The number of hydrogen-bond acceptors (Lipinski definition) is 3. The molecule has 0 bridgehead atoms. The Morgan fingerprint density at radius 1 is 1.29 bits per heavy atom. The van der Waals surface area contributed by atoms with Gasteiger partial charge in [0.05, 0.1) is 0 Å². The highest BCUT2D eigenvalue weighted by atomic mass is 16.4. The molecule has 3 amide bonds. The van der Waals surface area contributed by atoms with Gasteiger partial charge in [-0.2, -0.15) is 0 Å². The molecule has 1 heterocycles. The number of rotatable bonds is 2. The van der Waals surface area contributed by atoms with E-state index in [-0.39, 0.29) is 25.0 Å². The minimum absolute atomic E-state index is 0.0420. The third-order valence-electron chi connectivity index (χ3n) is 4.65. The summed E-state index contributed by atoms with van der Waals surface area (Å²) in [4.78, 5) is 36.0. The Morgan fingerprint density at radius 3 is 2.62 bits per heavy atom. The average molecular weight is 297 g/mol. The number of nitrogens with zero attached hydrogens (tertiary/aromatic N) is 1. The van der Waals surface area contributed by atoms with Gasteiger partial charge in [0, 0.05) is 12.6 Å². The van der Waals surface area contributed by atoms with E-state index < -0.39 is 18.0 Å². The fraction of sp³-hybridized carbons (Fsp3) is 0.786. The number of carboxylic acid groups (broad SMARTS) is 1. The van der Waals surface area contributed by atoms with E-state index in [9.17, 15) is 14.4 Å². The summed E-state index contributed by atoms with van der Waals surface area (Å²) in [5.74, 6) is -0.251. The first-order chi connectivity index (χ1) is 9.88. The summed E-state index contributed by atoms with van der Waals surface area (Å²) >= 11 is 0. The van der Waals surface area contributed by atoms with Crippen molar-refractivity contribution in [2.75, 3.05) is 13.1 Å². The molecule has 2 fully saturated rings. The SMILES string of the molecule is CC1CCC(NC(=O)N2CC(=O)NCC2C(=O)O)CC1C. The van der Waals surface area contributed by atoms with E-state index in [0.29, 0.717) is 11.8 Å². The predicted molar refractivity (Wildman–Crippen MR) is 75.6 cm³/mol. The number of amides is 3. The van der Waals surface area contributed by atoms with Gasteiger partial charge in [0.15, 0.2) is 0 Å². The van der Waals surface area contributed by atoms with Gasteiger partial charge in [-0.1, -0.05) is 13.8 Å². The van der Waals surface area contributed by atoms with E-state index >= 15 is 0 Å². The Balaban J connectivity index is 1.97. The maximum absolute atomic E-state index is 12.3. The summed E-state index contributed by atoms with van der Waals surface area (Å²) in [6, 6.07) is -1.39. The van der Waals surface area contributed by atoms with Crippen LogP contribution in [0.5, 0.6) is 0 Å². The van der Waals surface area contributed by atoms with Gasteiger partial charge in [0.1, 0.15) is 12.6 Å². The molecule has 118 valence electrons. The number of carbonyl (C=O) groups is 3. The van der Waals surface area contributed by atoms with E-state index in [1.165, 1.54) is 0 Å². The molecule has 1 saturated heterocycles. The normalized spacial score (nSPS) is 33.2. The van der Waals surface area contributed by atoms with Crippen LogP contribution >= 0.6 is 0 Å². The Bertz CT molecular complexity index is 440. The van der Waals surface area contributed by atoms with E-state index in [4.69, 9.17) is 5.11 Å². The van der Waals surface area contributed by atoms with Crippen molar-refractivity contribution in [3.8, 4) is 0 Å². The second-order valence-corrected chi connectivity index (χ2v) is 6.20. The Labute approximate surface area is 124 Å². The molecule has 3 N–H and O–H groups in total. The zero-order valence-electron chi connectivity index (χ0n) is 12.5. The van der Waals surface area contributed by atoms with Crippen molar-refractivity contribution in [3.63, 3.8) is 0 Å². The molecule has 7 nitrogen and oxygen atoms in total. The molecule has 4 unspecified atom stereocenters. The van der Waals surface area contributed by atoms with Crippen LogP contribution in [-0.2, 0) is 9.59 Å². The molecule has 1 saturated carbocycles. The lowest BCUT2D eigenvalue weighted by atomic mass is 9.79. The molecule has 4 atom stereocenters. The largest absolute Gasteiger partial charge is 0.480 e. The fourth-order valence-electron chi connectivity index (χ4n) is 3.01. The van der Waals surface area contributed by atoms with Crippen LogP contribution in [0, 0.1) is 11.8 Å². The summed E-state index contributed by atoms with van der Waals surface area (Å²) in [7, 11) is 0. The molecule has 0 radical (unpaired) electrons. The van der Waals surface area contributed by atoms with Crippen molar-refractivity contribution in [1.82, 2.24) is 15.5 Å². The quantitative estimate of drug-likeness (QED) is 0.687. The van der Waals surface area contributed by atoms with Crippen molar-refractivity contribution in [3.05, 3.63) is 0 Å². The standard InChI is InChI=1S/C14H23N3O4/c1-8-3-4-10(5-9(8)2)16-14(21)17-7-12(18)15-6-11(17)13(19)20/h8-11H,3-7H2,1-2H3,(H,15,18)(H,16,21)(H,19,20). The highest BCUT2D eigenvalue weighted by molar-refractivity contribution is 5.90. The van der Waals surface area contributed by atoms with Gasteiger partial charge in [0.2, 0.25) is 5.91 Å². The van der Waals surface area contributed by atoms with Crippen LogP contribution in [-0.4, -0.2) is 53.1 Å². The van der Waals surface area contributed by atoms with E-state index in [1.807, 2.05) is 0 Å². The van der Waals surface area contributed by atoms with Gasteiger partial charge < -0.3 is 15.7 Å². The van der Waals surface area contributed by atoms with Crippen LogP contribution in [0.1, 0.15) is 33.1 Å². The van der Waals surface area contributed by atoms with Gasteiger partial charge in [-0.15, -0.1) is 0 Å². The van der Waals surface area contributed by atoms with Gasteiger partial charge in [-0.05, 0) is 31.1 Å². The van der Waals surface area contributed by atoms with Crippen LogP contribution < -0.4 is 10.6 Å². The van der Waals surface area contributed by atoms with Crippen LogP contribution in [0.15, 0.2) is 0 Å². The Hall–Kier alpha value is -1.79. The van der Waals surface area contributed by atoms with Crippen molar-refractivity contribution in [1.29, 1.82) is 0 Å². The van der Waals surface area contributed by atoms with Crippen molar-refractivity contribution < 1.29 is 19.5 Å². The predicted octanol–water partition coefficient (Wildman–Crippen LogP) is 0.406. The number of hydrogen-bond donors (Lipinski definition) is 3. The van der Waals surface area contributed by atoms with Crippen LogP contribution in [0.2, 0.25) is 0 Å². The highest BCUT2D eigenvalue weighted by Gasteiger charge is 2.36. The molecule has 0 aromatic heterocycles. The number of piperazine rings is 1. The third kappa shape index (κ3) is 3.65. The van der Waals surface area contributed by atoms with Crippen molar-refractivity contribution in [2.45, 2.75) is 45.2 Å². The van der Waals surface area contributed by atoms with Crippen LogP contribution in [0.4, 0.5) is 4.79 Å². The maximum atomic E-state index is 12.3. The summed E-state index contributed by atoms with van der Waals surface area (Å²) in [6.07, 6.45) is 2.84. The Morgan fingerprint density at radius 2 is 2.00 bits per heavy atom. The van der Waals surface area contributed by atoms with Crippen LogP contribution in [0.25, 0.3) is 0 Å². The van der Waals surface area contributed by atoms with Crippen molar-refractivity contribution in [2.24, 2.45) is 11.8 Å². The first-order valence-electron chi connectivity index (χ1n) is 7.45. The highest BCUT2D eigenvalue weighted by Crippen LogP contribution is 2.29. The number of nitrogens with one attached hydrogen (secondary N) is 2. The zero-order chi connectivity index (χ0) is 15.6. The molecule has 0 aromatic carbocycles. The average Bonchev–Trinajstić information content (AvgIpc) is 2.42. The lowest BCUT2D eigenvalue weighted by Crippen LogP contribution is -2.62. The van der Waals surface area contributed by atoms with E-state index in [1.54, 1.807) is 0 Å². The second kappa shape index (κ2) is 6.32. The van der Waals surface area contributed by atoms with Gasteiger partial charge in [0.25, 0.3) is 0 Å². The second-order valence-electron chi connectivity index (χ2n) is 6.20. The molecule has 0 spiro atoms. The van der Waals surface area contributed by atoms with Crippen molar-refractivity contribution >= 4 is 17.9 Å². The fourth-order valence-corrected chi connectivity index (χ4v) is 3.01. The number of carboxylic acids is 1. The molecule has 2 aliphatic rings.